The van der Waals surface area contributed by atoms with Crippen LogP contribution in [0, 0.1) is 12.7 Å². The highest BCUT2D eigenvalue weighted by atomic mass is 19.1. The van der Waals surface area contributed by atoms with E-state index in [0.717, 1.165) is 5.56 Å². The van der Waals surface area contributed by atoms with Crippen LogP contribution in [-0.4, -0.2) is 11.7 Å². The van der Waals surface area contributed by atoms with Gasteiger partial charge in [0.1, 0.15) is 11.4 Å². The van der Waals surface area contributed by atoms with Crippen molar-refractivity contribution in [3.8, 4) is 0 Å². The maximum atomic E-state index is 12.9. The summed E-state index contributed by atoms with van der Waals surface area (Å²) in [6.07, 6.45) is -0.582. The van der Waals surface area contributed by atoms with Gasteiger partial charge in [-0.15, -0.1) is 0 Å². The topological polar surface area (TPSA) is 38.3 Å². The van der Waals surface area contributed by atoms with Crippen molar-refractivity contribution in [2.75, 3.05) is 5.32 Å². The fourth-order valence-corrected chi connectivity index (χ4v) is 1.14. The highest BCUT2D eigenvalue weighted by molar-refractivity contribution is 5.85. The summed E-state index contributed by atoms with van der Waals surface area (Å²) < 4.78 is 18.0. The lowest BCUT2D eigenvalue weighted by Gasteiger charge is -2.20. The molecule has 88 valence electrons. The molecule has 4 heteroatoms. The molecule has 0 heterocycles. The van der Waals surface area contributed by atoms with Gasteiger partial charge in [0.05, 0.1) is 0 Å². The molecule has 0 aliphatic heterocycles. The van der Waals surface area contributed by atoms with Crippen molar-refractivity contribution in [1.29, 1.82) is 0 Å². The Morgan fingerprint density at radius 1 is 1.38 bits per heavy atom. The van der Waals surface area contributed by atoms with Crippen molar-refractivity contribution < 1.29 is 13.9 Å². The monoisotopic (exact) mass is 225 g/mol. The van der Waals surface area contributed by atoms with E-state index in [-0.39, 0.29) is 0 Å². The molecular weight excluding hydrogens is 209 g/mol. The maximum absolute atomic E-state index is 12.9. The summed E-state index contributed by atoms with van der Waals surface area (Å²) in [6, 6.07) is 4.21. The predicted molar refractivity (Wildman–Crippen MR) is 61.0 cm³/mol. The summed E-state index contributed by atoms with van der Waals surface area (Å²) in [6.45, 7) is 7.09. The van der Waals surface area contributed by atoms with Gasteiger partial charge in [0.25, 0.3) is 0 Å². The number of halogens is 1. The fourth-order valence-electron chi connectivity index (χ4n) is 1.14. The molecule has 1 aromatic rings. The lowest BCUT2D eigenvalue weighted by molar-refractivity contribution is 0.0636. The first-order chi connectivity index (χ1) is 7.28. The third-order valence-electron chi connectivity index (χ3n) is 1.84. The highest BCUT2D eigenvalue weighted by Crippen LogP contribution is 2.17. The second-order valence-corrected chi connectivity index (χ2v) is 4.59. The molecule has 0 aliphatic carbocycles. The molecule has 1 aromatic carbocycles. The van der Waals surface area contributed by atoms with E-state index >= 15 is 0 Å². The number of hydrogen-bond acceptors (Lipinski definition) is 2. The molecule has 0 bridgehead atoms. The zero-order valence-electron chi connectivity index (χ0n) is 9.93. The van der Waals surface area contributed by atoms with Crippen molar-refractivity contribution in [1.82, 2.24) is 0 Å². The first-order valence-corrected chi connectivity index (χ1v) is 5.04. The Morgan fingerprint density at radius 2 is 2.00 bits per heavy atom. The van der Waals surface area contributed by atoms with Gasteiger partial charge in [0.2, 0.25) is 0 Å². The highest BCUT2D eigenvalue weighted by Gasteiger charge is 2.16. The van der Waals surface area contributed by atoms with Gasteiger partial charge in [-0.2, -0.15) is 0 Å². The van der Waals surface area contributed by atoms with E-state index in [1.54, 1.807) is 33.8 Å². The van der Waals surface area contributed by atoms with Crippen LogP contribution in [0.15, 0.2) is 18.2 Å². The molecule has 1 rings (SSSR count). The van der Waals surface area contributed by atoms with Crippen LogP contribution < -0.4 is 5.32 Å². The summed E-state index contributed by atoms with van der Waals surface area (Å²) >= 11 is 0. The molecule has 0 spiro atoms. The first kappa shape index (κ1) is 12.5. The molecule has 0 radical (unpaired) electrons. The summed E-state index contributed by atoms with van der Waals surface area (Å²) in [7, 11) is 0. The lowest BCUT2D eigenvalue weighted by atomic mass is 10.2. The largest absolute Gasteiger partial charge is 0.444 e. The molecular formula is C12H16FNO2. The van der Waals surface area contributed by atoms with E-state index in [2.05, 4.69) is 5.32 Å². The van der Waals surface area contributed by atoms with Crippen LogP contribution in [0.1, 0.15) is 26.3 Å². The Hall–Kier alpha value is -1.58. The van der Waals surface area contributed by atoms with Gasteiger partial charge in [0.15, 0.2) is 0 Å². The molecule has 16 heavy (non-hydrogen) atoms. The van der Waals surface area contributed by atoms with E-state index in [1.807, 2.05) is 0 Å². The van der Waals surface area contributed by atoms with Crippen LogP contribution in [0.25, 0.3) is 0 Å². The SMILES string of the molecule is Cc1ccc(F)cc1NC(=O)OC(C)(C)C. The molecule has 1 amide bonds. The van der Waals surface area contributed by atoms with Crippen LogP contribution in [0.3, 0.4) is 0 Å². The molecule has 3 nitrogen and oxygen atoms in total. The molecule has 0 unspecified atom stereocenters. The zero-order chi connectivity index (χ0) is 12.3. The number of ether oxygens (including phenoxy) is 1. The molecule has 0 fully saturated rings. The van der Waals surface area contributed by atoms with Gasteiger partial charge in [-0.05, 0) is 45.4 Å². The van der Waals surface area contributed by atoms with Crippen LogP contribution in [0.5, 0.6) is 0 Å². The normalized spacial score (nSPS) is 11.1. The summed E-state index contributed by atoms with van der Waals surface area (Å²) in [5.41, 5.74) is 0.646. The molecule has 0 aromatic heterocycles. The van der Waals surface area contributed by atoms with Gasteiger partial charge >= 0.3 is 6.09 Å². The number of hydrogen-bond donors (Lipinski definition) is 1. The minimum absolute atomic E-state index is 0.392. The Labute approximate surface area is 94.6 Å². The smallest absolute Gasteiger partial charge is 0.412 e. The minimum Gasteiger partial charge on any atom is -0.444 e. The number of benzene rings is 1. The van der Waals surface area contributed by atoms with E-state index in [0.29, 0.717) is 5.69 Å². The number of aryl methyl sites for hydroxylation is 1. The second-order valence-electron chi connectivity index (χ2n) is 4.59. The quantitative estimate of drug-likeness (QED) is 0.794. The molecule has 0 saturated heterocycles. The third kappa shape index (κ3) is 3.88. The van der Waals surface area contributed by atoms with Gasteiger partial charge < -0.3 is 4.74 Å². The number of nitrogens with one attached hydrogen (secondary N) is 1. The van der Waals surface area contributed by atoms with Crippen LogP contribution >= 0.6 is 0 Å². The summed E-state index contributed by atoms with van der Waals surface area (Å²) in [5.74, 6) is -0.392. The maximum Gasteiger partial charge on any atom is 0.412 e. The van der Waals surface area contributed by atoms with Gasteiger partial charge in [-0.3, -0.25) is 5.32 Å². The average molecular weight is 225 g/mol. The Kier molecular flexibility index (Phi) is 3.52. The number of amides is 1. The van der Waals surface area contributed by atoms with Crippen molar-refractivity contribution in [3.05, 3.63) is 29.6 Å². The number of rotatable bonds is 1. The summed E-state index contributed by atoms with van der Waals surface area (Å²) in [4.78, 5) is 11.4. The van der Waals surface area contributed by atoms with E-state index in [4.69, 9.17) is 4.74 Å². The van der Waals surface area contributed by atoms with E-state index in [9.17, 15) is 9.18 Å². The van der Waals surface area contributed by atoms with Crippen molar-refractivity contribution >= 4 is 11.8 Å². The van der Waals surface area contributed by atoms with Crippen LogP contribution in [0.4, 0.5) is 14.9 Å². The predicted octanol–water partition coefficient (Wildman–Crippen LogP) is 3.48. The Bertz CT molecular complexity index is 396. The third-order valence-corrected chi connectivity index (χ3v) is 1.84. The average Bonchev–Trinajstić information content (AvgIpc) is 2.08. The number of carbonyl (C=O) groups is 1. The van der Waals surface area contributed by atoms with Gasteiger partial charge in [0, 0.05) is 5.69 Å². The second kappa shape index (κ2) is 4.51. The standard InChI is InChI=1S/C12H16FNO2/c1-8-5-6-9(13)7-10(8)14-11(15)16-12(2,3)4/h5-7H,1-4H3,(H,14,15). The van der Waals surface area contributed by atoms with Gasteiger partial charge in [-0.1, -0.05) is 6.07 Å². The van der Waals surface area contributed by atoms with E-state index in [1.165, 1.54) is 12.1 Å². The van der Waals surface area contributed by atoms with Crippen molar-refractivity contribution in [2.24, 2.45) is 0 Å². The Morgan fingerprint density at radius 3 is 2.56 bits per heavy atom. The first-order valence-electron chi connectivity index (χ1n) is 5.04. The number of anilines is 1. The molecule has 0 atom stereocenters. The molecule has 0 aliphatic rings. The zero-order valence-corrected chi connectivity index (χ0v) is 9.93. The van der Waals surface area contributed by atoms with Crippen molar-refractivity contribution in [2.45, 2.75) is 33.3 Å². The van der Waals surface area contributed by atoms with Gasteiger partial charge in [-0.25, -0.2) is 9.18 Å². The van der Waals surface area contributed by atoms with Crippen molar-refractivity contribution in [3.63, 3.8) is 0 Å². The molecule has 1 N–H and O–H groups in total. The number of carbonyl (C=O) groups excluding carboxylic acids is 1. The lowest BCUT2D eigenvalue weighted by Crippen LogP contribution is -2.27. The van der Waals surface area contributed by atoms with Crippen LogP contribution in [0.2, 0.25) is 0 Å². The van der Waals surface area contributed by atoms with Crippen LogP contribution in [-0.2, 0) is 4.74 Å². The van der Waals surface area contributed by atoms with E-state index < -0.39 is 17.5 Å². The fraction of sp³-hybridized carbons (Fsp3) is 0.417. The molecule has 0 saturated carbocycles. The summed E-state index contributed by atoms with van der Waals surface area (Å²) in [5, 5.41) is 2.51. The Balaban J connectivity index is 2.73. The minimum atomic E-state index is -0.582.